The van der Waals surface area contributed by atoms with Crippen LogP contribution in [-0.4, -0.2) is 68.7 Å². The monoisotopic (exact) mass is 360 g/mol. The van der Waals surface area contributed by atoms with Crippen molar-refractivity contribution in [3.05, 3.63) is 17.0 Å². The van der Waals surface area contributed by atoms with Gasteiger partial charge in [0.1, 0.15) is 0 Å². The molecule has 1 aromatic heterocycles. The van der Waals surface area contributed by atoms with E-state index in [0.717, 1.165) is 36.9 Å². The molecule has 26 heavy (non-hydrogen) atoms. The Kier molecular flexibility index (Phi) is 4.50. The van der Waals surface area contributed by atoms with Crippen molar-refractivity contribution in [3.63, 3.8) is 0 Å². The van der Waals surface area contributed by atoms with Crippen LogP contribution in [0.1, 0.15) is 54.4 Å². The highest BCUT2D eigenvalue weighted by atomic mass is 16.3. The molecule has 0 spiro atoms. The summed E-state index contributed by atoms with van der Waals surface area (Å²) in [6.45, 7) is 5.22. The van der Waals surface area contributed by atoms with E-state index in [9.17, 15) is 14.7 Å². The summed E-state index contributed by atoms with van der Waals surface area (Å²) in [6, 6.07) is -0.00197. The highest BCUT2D eigenvalue weighted by molar-refractivity contribution is 5.94. The predicted molar refractivity (Wildman–Crippen MR) is 95.6 cm³/mol. The van der Waals surface area contributed by atoms with Crippen LogP contribution in [0, 0.1) is 18.8 Å². The maximum atomic E-state index is 13.1. The molecule has 2 bridgehead atoms. The largest absolute Gasteiger partial charge is 0.394 e. The van der Waals surface area contributed by atoms with E-state index >= 15 is 0 Å². The van der Waals surface area contributed by atoms with E-state index in [1.54, 1.807) is 0 Å². The van der Waals surface area contributed by atoms with Gasteiger partial charge in [0.2, 0.25) is 5.91 Å². The van der Waals surface area contributed by atoms with Crippen molar-refractivity contribution in [2.24, 2.45) is 11.8 Å². The molecule has 7 heteroatoms. The number of hydrogen-bond acceptors (Lipinski definition) is 4. The van der Waals surface area contributed by atoms with Gasteiger partial charge in [0.15, 0.2) is 5.69 Å². The number of aliphatic hydroxyl groups excluding tert-OH is 1. The molecule has 0 unspecified atom stereocenters. The van der Waals surface area contributed by atoms with E-state index in [2.05, 4.69) is 10.2 Å². The Bertz CT molecular complexity index is 702. The van der Waals surface area contributed by atoms with Gasteiger partial charge in [-0.05, 0) is 44.4 Å². The fourth-order valence-electron chi connectivity index (χ4n) is 5.31. The zero-order valence-corrected chi connectivity index (χ0v) is 15.6. The third-order valence-corrected chi connectivity index (χ3v) is 6.64. The van der Waals surface area contributed by atoms with Crippen LogP contribution >= 0.6 is 0 Å². The number of likely N-dealkylation sites (tertiary alicyclic amines) is 1. The molecule has 4 heterocycles. The second kappa shape index (κ2) is 6.68. The third-order valence-electron chi connectivity index (χ3n) is 6.64. The predicted octanol–water partition coefficient (Wildman–Crippen LogP) is 1.11. The summed E-state index contributed by atoms with van der Waals surface area (Å²) in [7, 11) is 0. The Morgan fingerprint density at radius 3 is 2.81 bits per heavy atom. The molecule has 0 aromatic carbocycles. The van der Waals surface area contributed by atoms with Gasteiger partial charge in [-0.2, -0.15) is 5.10 Å². The number of carbonyl (C=O) groups excluding carboxylic acids is 2. The molecule has 3 aliphatic rings. The van der Waals surface area contributed by atoms with Gasteiger partial charge in [0.05, 0.1) is 12.6 Å². The van der Waals surface area contributed by atoms with Crippen molar-refractivity contribution in [1.82, 2.24) is 20.0 Å². The average molecular weight is 360 g/mol. The molecule has 142 valence electrons. The third kappa shape index (κ3) is 2.64. The number of aromatic amines is 1. The minimum absolute atomic E-state index is 0.0247. The summed E-state index contributed by atoms with van der Waals surface area (Å²) in [5.41, 5.74) is 2.45. The van der Waals surface area contributed by atoms with Gasteiger partial charge in [-0.1, -0.05) is 6.92 Å². The van der Waals surface area contributed by atoms with Gasteiger partial charge in [0, 0.05) is 36.8 Å². The van der Waals surface area contributed by atoms with Crippen LogP contribution in [0.25, 0.3) is 0 Å². The van der Waals surface area contributed by atoms with Crippen LogP contribution in [0.15, 0.2) is 0 Å². The zero-order valence-electron chi connectivity index (χ0n) is 15.6. The number of H-pyrrole nitrogens is 1. The van der Waals surface area contributed by atoms with Gasteiger partial charge < -0.3 is 14.9 Å². The molecule has 4 atom stereocenters. The first-order valence-corrected chi connectivity index (χ1v) is 9.80. The molecule has 7 nitrogen and oxygen atoms in total. The fourth-order valence-corrected chi connectivity index (χ4v) is 5.31. The normalized spacial score (nSPS) is 31.1. The number of aromatic nitrogens is 2. The fraction of sp³-hybridized carbons (Fsp3) is 0.737. The van der Waals surface area contributed by atoms with Crippen molar-refractivity contribution >= 4 is 11.8 Å². The van der Waals surface area contributed by atoms with Crippen LogP contribution in [0.2, 0.25) is 0 Å². The van der Waals surface area contributed by atoms with E-state index in [0.29, 0.717) is 31.1 Å². The average Bonchev–Trinajstić information content (AvgIpc) is 3.02. The number of hydrogen-bond donors (Lipinski definition) is 2. The van der Waals surface area contributed by atoms with Crippen LogP contribution in [0.3, 0.4) is 0 Å². The SMILES string of the molecule is CCc1[nH]nc(C(=O)N2C[C@H]3C[C@@H](C2)[C@H](CO)N2C(=O)CCC[C@@H]32)c1C. The Hall–Kier alpha value is -1.89. The van der Waals surface area contributed by atoms with Gasteiger partial charge in [-0.25, -0.2) is 0 Å². The van der Waals surface area contributed by atoms with Gasteiger partial charge in [-0.3, -0.25) is 14.7 Å². The molecular formula is C19H28N4O3. The van der Waals surface area contributed by atoms with E-state index in [1.165, 1.54) is 0 Å². The molecule has 0 saturated carbocycles. The maximum Gasteiger partial charge on any atom is 0.274 e. The van der Waals surface area contributed by atoms with Crippen molar-refractivity contribution in [2.75, 3.05) is 19.7 Å². The number of amides is 2. The molecule has 3 aliphatic heterocycles. The molecule has 2 N–H and O–H groups in total. The van der Waals surface area contributed by atoms with Crippen molar-refractivity contribution in [3.8, 4) is 0 Å². The maximum absolute atomic E-state index is 13.1. The van der Waals surface area contributed by atoms with E-state index in [1.807, 2.05) is 23.6 Å². The van der Waals surface area contributed by atoms with Gasteiger partial charge in [0.25, 0.3) is 5.91 Å². The summed E-state index contributed by atoms with van der Waals surface area (Å²) in [4.78, 5) is 29.4. The van der Waals surface area contributed by atoms with E-state index in [4.69, 9.17) is 0 Å². The first-order valence-electron chi connectivity index (χ1n) is 9.80. The molecular weight excluding hydrogens is 332 g/mol. The highest BCUT2D eigenvalue weighted by Gasteiger charge is 2.50. The number of nitrogens with one attached hydrogen (secondary N) is 1. The summed E-state index contributed by atoms with van der Waals surface area (Å²) >= 11 is 0. The Morgan fingerprint density at radius 1 is 1.35 bits per heavy atom. The zero-order chi connectivity index (χ0) is 18.4. The lowest BCUT2D eigenvalue weighted by Crippen LogP contribution is -2.66. The quantitative estimate of drug-likeness (QED) is 0.845. The van der Waals surface area contributed by atoms with Crippen molar-refractivity contribution < 1.29 is 14.7 Å². The Morgan fingerprint density at radius 2 is 2.12 bits per heavy atom. The molecule has 3 fully saturated rings. The minimum Gasteiger partial charge on any atom is -0.394 e. The second-order valence-electron chi connectivity index (χ2n) is 8.01. The smallest absolute Gasteiger partial charge is 0.274 e. The van der Waals surface area contributed by atoms with E-state index < -0.39 is 0 Å². The number of nitrogens with zero attached hydrogens (tertiary/aromatic N) is 3. The van der Waals surface area contributed by atoms with Crippen LogP contribution in [0.4, 0.5) is 0 Å². The lowest BCUT2D eigenvalue weighted by atomic mass is 9.72. The molecule has 3 saturated heterocycles. The number of carbonyl (C=O) groups is 2. The number of rotatable bonds is 3. The number of aryl methyl sites for hydroxylation is 1. The molecule has 4 rings (SSSR count). The van der Waals surface area contributed by atoms with Gasteiger partial charge in [-0.15, -0.1) is 0 Å². The lowest BCUT2D eigenvalue weighted by molar-refractivity contribution is -0.154. The molecule has 2 amide bonds. The highest BCUT2D eigenvalue weighted by Crippen LogP contribution is 2.41. The minimum atomic E-state index is -0.161. The topological polar surface area (TPSA) is 89.5 Å². The van der Waals surface area contributed by atoms with Gasteiger partial charge >= 0.3 is 0 Å². The summed E-state index contributed by atoms with van der Waals surface area (Å²) in [5.74, 6) is 0.589. The van der Waals surface area contributed by atoms with Crippen molar-refractivity contribution in [2.45, 2.75) is 58.0 Å². The number of aliphatic hydroxyl groups is 1. The molecule has 1 aromatic rings. The van der Waals surface area contributed by atoms with Crippen molar-refractivity contribution in [1.29, 1.82) is 0 Å². The van der Waals surface area contributed by atoms with E-state index in [-0.39, 0.29) is 36.4 Å². The van der Waals surface area contributed by atoms with Crippen LogP contribution in [0.5, 0.6) is 0 Å². The Balaban J connectivity index is 1.59. The van der Waals surface area contributed by atoms with Crippen LogP contribution < -0.4 is 0 Å². The van der Waals surface area contributed by atoms with Crippen LogP contribution in [-0.2, 0) is 11.2 Å². The first kappa shape index (κ1) is 17.5. The summed E-state index contributed by atoms with van der Waals surface area (Å²) in [6.07, 6.45) is 4.28. The second-order valence-corrected chi connectivity index (χ2v) is 8.01. The summed E-state index contributed by atoms with van der Waals surface area (Å²) < 4.78 is 0. The standard InChI is InChI=1S/C19H28N4O3/c1-3-14-11(2)18(21-20-14)19(26)22-8-12-7-13(9-22)16(10-24)23-15(12)5-4-6-17(23)25/h12-13,15-16,24H,3-10H2,1-2H3,(H,20,21)/t12-,13+,15+,16+/m1/s1. The molecule has 0 radical (unpaired) electrons. The molecule has 0 aliphatic carbocycles. The Labute approximate surface area is 153 Å². The number of fused-ring (bicyclic) bond motifs is 4. The lowest BCUT2D eigenvalue weighted by Gasteiger charge is -2.56. The first-order chi connectivity index (χ1) is 12.5. The summed E-state index contributed by atoms with van der Waals surface area (Å²) in [5, 5.41) is 17.2. The number of piperidine rings is 3.